The number of benzene rings is 1. The molecule has 1 aliphatic carbocycles. The molecule has 2 rings (SSSR count). The summed E-state index contributed by atoms with van der Waals surface area (Å²) in [5.74, 6) is 2.42. The molecule has 20 heavy (non-hydrogen) atoms. The Bertz CT molecular complexity index is 449. The molecule has 1 nitrogen and oxygen atoms in total. The second-order valence-electron chi connectivity index (χ2n) is 6.24. The van der Waals surface area contributed by atoms with Gasteiger partial charge in [0, 0.05) is 10.5 Å². The molecule has 0 radical (unpaired) electrons. The Balaban J connectivity index is 2.19. The van der Waals surface area contributed by atoms with Crippen LogP contribution in [-0.4, -0.2) is 6.54 Å². The van der Waals surface area contributed by atoms with Gasteiger partial charge in [0.1, 0.15) is 0 Å². The van der Waals surface area contributed by atoms with Gasteiger partial charge in [0.15, 0.2) is 0 Å². The van der Waals surface area contributed by atoms with E-state index >= 15 is 0 Å². The molecule has 0 heterocycles. The lowest BCUT2D eigenvalue weighted by Crippen LogP contribution is -2.33. The Hall–Kier alpha value is -0.0500. The SMILES string of the molecule is CCNC(c1ccc(Cl)c(Br)c1)C1CCC(C)C(C)C1. The third-order valence-electron chi connectivity index (χ3n) is 4.84. The zero-order valence-electron chi connectivity index (χ0n) is 12.6. The maximum atomic E-state index is 6.12. The van der Waals surface area contributed by atoms with E-state index in [0.717, 1.165) is 33.8 Å². The molecule has 0 spiro atoms. The van der Waals surface area contributed by atoms with E-state index in [4.69, 9.17) is 11.6 Å². The van der Waals surface area contributed by atoms with E-state index in [1.807, 2.05) is 6.07 Å². The summed E-state index contributed by atoms with van der Waals surface area (Å²) in [6.07, 6.45) is 3.99. The fourth-order valence-corrected chi connectivity index (χ4v) is 3.89. The lowest BCUT2D eigenvalue weighted by Gasteiger charge is -2.37. The highest BCUT2D eigenvalue weighted by Gasteiger charge is 2.30. The Morgan fingerprint density at radius 3 is 2.65 bits per heavy atom. The third-order valence-corrected chi connectivity index (χ3v) is 6.05. The second-order valence-corrected chi connectivity index (χ2v) is 7.50. The molecule has 1 saturated carbocycles. The van der Waals surface area contributed by atoms with Gasteiger partial charge in [-0.1, -0.05) is 44.9 Å². The summed E-state index contributed by atoms with van der Waals surface area (Å²) >= 11 is 9.67. The molecule has 0 bridgehead atoms. The van der Waals surface area contributed by atoms with Crippen molar-refractivity contribution in [2.24, 2.45) is 17.8 Å². The molecule has 1 fully saturated rings. The van der Waals surface area contributed by atoms with Crippen LogP contribution in [0.4, 0.5) is 0 Å². The molecule has 112 valence electrons. The average molecular weight is 359 g/mol. The van der Waals surface area contributed by atoms with Gasteiger partial charge in [-0.2, -0.15) is 0 Å². The number of nitrogens with one attached hydrogen (secondary N) is 1. The lowest BCUT2D eigenvalue weighted by atomic mass is 9.72. The van der Waals surface area contributed by atoms with Crippen LogP contribution in [0, 0.1) is 17.8 Å². The van der Waals surface area contributed by atoms with E-state index in [1.54, 1.807) is 0 Å². The normalized spacial score (nSPS) is 28.4. The summed E-state index contributed by atoms with van der Waals surface area (Å²) in [5, 5.41) is 4.47. The molecule has 1 aliphatic rings. The van der Waals surface area contributed by atoms with Crippen molar-refractivity contribution >= 4 is 27.5 Å². The molecule has 1 aromatic rings. The van der Waals surface area contributed by atoms with Crippen LogP contribution >= 0.6 is 27.5 Å². The molecule has 1 N–H and O–H groups in total. The highest BCUT2D eigenvalue weighted by Crippen LogP contribution is 2.40. The van der Waals surface area contributed by atoms with Crippen molar-refractivity contribution in [1.29, 1.82) is 0 Å². The average Bonchev–Trinajstić information content (AvgIpc) is 2.43. The van der Waals surface area contributed by atoms with Crippen LogP contribution in [-0.2, 0) is 0 Å². The predicted molar refractivity (Wildman–Crippen MR) is 91.2 cm³/mol. The third kappa shape index (κ3) is 3.78. The minimum atomic E-state index is 0.448. The van der Waals surface area contributed by atoms with Gasteiger partial charge >= 0.3 is 0 Å². The first kappa shape index (κ1) is 16.3. The summed E-state index contributed by atoms with van der Waals surface area (Å²) in [5.41, 5.74) is 1.36. The molecular weight excluding hydrogens is 334 g/mol. The van der Waals surface area contributed by atoms with Crippen molar-refractivity contribution in [2.45, 2.75) is 46.1 Å². The zero-order valence-corrected chi connectivity index (χ0v) is 15.0. The fraction of sp³-hybridized carbons (Fsp3) is 0.647. The van der Waals surface area contributed by atoms with E-state index in [-0.39, 0.29) is 0 Å². The second kappa shape index (κ2) is 7.29. The first-order valence-corrected chi connectivity index (χ1v) is 8.88. The lowest BCUT2D eigenvalue weighted by molar-refractivity contribution is 0.172. The van der Waals surface area contributed by atoms with Crippen molar-refractivity contribution in [2.75, 3.05) is 6.54 Å². The van der Waals surface area contributed by atoms with Crippen LogP contribution < -0.4 is 5.32 Å². The van der Waals surface area contributed by atoms with Crippen molar-refractivity contribution in [3.63, 3.8) is 0 Å². The monoisotopic (exact) mass is 357 g/mol. The largest absolute Gasteiger partial charge is 0.310 e. The van der Waals surface area contributed by atoms with Crippen molar-refractivity contribution in [3.8, 4) is 0 Å². The van der Waals surface area contributed by atoms with Crippen molar-refractivity contribution in [3.05, 3.63) is 33.3 Å². The molecule has 3 heteroatoms. The summed E-state index contributed by atoms with van der Waals surface area (Å²) in [7, 11) is 0. The van der Waals surface area contributed by atoms with Gasteiger partial charge in [0.25, 0.3) is 0 Å². The van der Waals surface area contributed by atoms with Crippen molar-refractivity contribution < 1.29 is 0 Å². The first-order valence-electron chi connectivity index (χ1n) is 7.71. The molecule has 0 aromatic heterocycles. The van der Waals surface area contributed by atoms with E-state index in [9.17, 15) is 0 Å². The predicted octanol–water partition coefficient (Wildman–Crippen LogP) is 5.83. The topological polar surface area (TPSA) is 12.0 Å². The maximum absolute atomic E-state index is 6.12. The molecule has 4 unspecified atom stereocenters. The molecule has 0 saturated heterocycles. The van der Waals surface area contributed by atoms with Gasteiger partial charge in [0.05, 0.1) is 5.02 Å². The van der Waals surface area contributed by atoms with E-state index in [2.05, 4.69) is 54.2 Å². The smallest absolute Gasteiger partial charge is 0.0548 e. The Labute approximate surface area is 136 Å². The highest BCUT2D eigenvalue weighted by atomic mass is 79.9. The van der Waals surface area contributed by atoms with Crippen LogP contribution in [0.1, 0.15) is 51.6 Å². The molecular formula is C17H25BrClN. The number of rotatable bonds is 4. The summed E-state index contributed by atoms with van der Waals surface area (Å²) in [6, 6.07) is 6.80. The standard InChI is InChI=1S/C17H25BrClN/c1-4-20-17(13-6-5-11(2)12(3)9-13)14-7-8-16(19)15(18)10-14/h7-8,10-13,17,20H,4-6,9H2,1-3H3. The number of hydrogen-bond acceptors (Lipinski definition) is 1. The summed E-state index contributed by atoms with van der Waals surface area (Å²) < 4.78 is 0.997. The van der Waals surface area contributed by atoms with Crippen LogP contribution in [0.2, 0.25) is 5.02 Å². The van der Waals surface area contributed by atoms with E-state index in [1.165, 1.54) is 24.8 Å². The molecule has 0 amide bonds. The molecule has 4 atom stereocenters. The van der Waals surface area contributed by atoms with E-state index in [0.29, 0.717) is 6.04 Å². The summed E-state index contributed by atoms with van der Waals surface area (Å²) in [4.78, 5) is 0. The molecule has 1 aromatic carbocycles. The van der Waals surface area contributed by atoms with Crippen LogP contribution in [0.3, 0.4) is 0 Å². The highest BCUT2D eigenvalue weighted by molar-refractivity contribution is 9.10. The molecule has 0 aliphatic heterocycles. The van der Waals surface area contributed by atoms with Crippen LogP contribution in [0.25, 0.3) is 0 Å². The van der Waals surface area contributed by atoms with Crippen LogP contribution in [0.5, 0.6) is 0 Å². The minimum absolute atomic E-state index is 0.448. The Morgan fingerprint density at radius 1 is 1.30 bits per heavy atom. The van der Waals surface area contributed by atoms with Gasteiger partial charge in [-0.05, 0) is 70.8 Å². The fourth-order valence-electron chi connectivity index (χ4n) is 3.37. The zero-order chi connectivity index (χ0) is 14.7. The van der Waals surface area contributed by atoms with E-state index < -0.39 is 0 Å². The number of hydrogen-bond donors (Lipinski definition) is 1. The quantitative estimate of drug-likeness (QED) is 0.714. The van der Waals surface area contributed by atoms with Crippen molar-refractivity contribution in [1.82, 2.24) is 5.32 Å². The maximum Gasteiger partial charge on any atom is 0.0548 e. The Kier molecular flexibility index (Phi) is 5.95. The van der Waals surface area contributed by atoms with Crippen LogP contribution in [0.15, 0.2) is 22.7 Å². The Morgan fingerprint density at radius 2 is 2.05 bits per heavy atom. The summed E-state index contributed by atoms with van der Waals surface area (Å²) in [6.45, 7) is 7.98. The first-order chi connectivity index (χ1) is 9.52. The van der Waals surface area contributed by atoms with Gasteiger partial charge in [-0.15, -0.1) is 0 Å². The van der Waals surface area contributed by atoms with Gasteiger partial charge in [-0.3, -0.25) is 0 Å². The number of halogens is 2. The minimum Gasteiger partial charge on any atom is -0.310 e. The van der Waals surface area contributed by atoms with Gasteiger partial charge < -0.3 is 5.32 Å². The van der Waals surface area contributed by atoms with Gasteiger partial charge in [0.2, 0.25) is 0 Å². The van der Waals surface area contributed by atoms with Gasteiger partial charge in [-0.25, -0.2) is 0 Å².